The van der Waals surface area contributed by atoms with Crippen LogP contribution in [0.4, 0.5) is 0 Å². The molecule has 0 saturated heterocycles. The highest BCUT2D eigenvalue weighted by molar-refractivity contribution is 7.89. The van der Waals surface area contributed by atoms with Gasteiger partial charge in [0.2, 0.25) is 21.8 Å². The molecule has 0 spiro atoms. The van der Waals surface area contributed by atoms with E-state index in [9.17, 15) is 18.0 Å². The van der Waals surface area contributed by atoms with Gasteiger partial charge in [-0.15, -0.1) is 0 Å². The van der Waals surface area contributed by atoms with Crippen LogP contribution < -0.4 is 17.2 Å². The van der Waals surface area contributed by atoms with Gasteiger partial charge in [0.15, 0.2) is 0 Å². The summed E-state index contributed by atoms with van der Waals surface area (Å²) in [6.07, 6.45) is 0. The molecule has 0 aliphatic carbocycles. The molecule has 1 aromatic rings. The number of carbonyl (C=O) groups is 2. The molecule has 8 nitrogen and oxygen atoms in total. The Hall–Kier alpha value is -1.68. The lowest BCUT2D eigenvalue weighted by Crippen LogP contribution is -2.43. The Morgan fingerprint density at radius 2 is 1.67 bits per heavy atom. The molecule has 1 aromatic carbocycles. The predicted octanol–water partition coefficient (Wildman–Crippen LogP) is -1.24. The Kier molecular flexibility index (Phi) is 5.67. The first-order valence-corrected chi connectivity index (χ1v) is 7.55. The van der Waals surface area contributed by atoms with Gasteiger partial charge in [0.25, 0.3) is 0 Å². The third kappa shape index (κ3) is 4.39. The van der Waals surface area contributed by atoms with E-state index >= 15 is 0 Å². The minimum atomic E-state index is -4.19. The van der Waals surface area contributed by atoms with Crippen LogP contribution in [0.15, 0.2) is 23.1 Å². The summed E-state index contributed by atoms with van der Waals surface area (Å²) in [4.78, 5) is 21.7. The van der Waals surface area contributed by atoms with Crippen molar-refractivity contribution in [2.24, 2.45) is 17.2 Å². The van der Waals surface area contributed by atoms with Crippen molar-refractivity contribution >= 4 is 33.4 Å². The van der Waals surface area contributed by atoms with E-state index in [-0.39, 0.29) is 16.5 Å². The molecule has 1 rings (SSSR count). The predicted molar refractivity (Wildman–Crippen MR) is 76.5 cm³/mol. The first kappa shape index (κ1) is 17.4. The summed E-state index contributed by atoms with van der Waals surface area (Å²) in [5.74, 6) is -1.84. The molecule has 0 saturated carbocycles. The normalized spacial score (nSPS) is 11.6. The number of nitrogens with zero attached hydrogens (tertiary/aromatic N) is 1. The molecule has 0 fully saturated rings. The van der Waals surface area contributed by atoms with Gasteiger partial charge < -0.3 is 17.2 Å². The number of halogens is 1. The van der Waals surface area contributed by atoms with E-state index in [1.807, 2.05) is 0 Å². The van der Waals surface area contributed by atoms with E-state index in [0.29, 0.717) is 9.87 Å². The highest BCUT2D eigenvalue weighted by atomic mass is 35.5. The second kappa shape index (κ2) is 6.85. The maximum absolute atomic E-state index is 12.4. The van der Waals surface area contributed by atoms with E-state index in [0.717, 1.165) is 0 Å². The van der Waals surface area contributed by atoms with Gasteiger partial charge in [0.1, 0.15) is 4.90 Å². The summed E-state index contributed by atoms with van der Waals surface area (Å²) in [6, 6.07) is 4.11. The quantitative estimate of drug-likeness (QED) is 0.570. The second-order valence-corrected chi connectivity index (χ2v) is 6.49. The Bertz CT molecular complexity index is 646. The molecule has 0 atom stereocenters. The third-order valence-corrected chi connectivity index (χ3v) is 4.79. The molecular weight excluding hydrogens is 320 g/mol. The van der Waals surface area contributed by atoms with Gasteiger partial charge in [-0.3, -0.25) is 9.59 Å². The smallest absolute Gasteiger partial charge is 0.245 e. The van der Waals surface area contributed by atoms with Gasteiger partial charge in [0.05, 0.1) is 18.1 Å². The van der Waals surface area contributed by atoms with E-state index in [1.54, 1.807) is 0 Å². The van der Waals surface area contributed by atoms with Crippen LogP contribution in [0.3, 0.4) is 0 Å². The number of rotatable bonds is 7. The summed E-state index contributed by atoms with van der Waals surface area (Å²) in [5, 5.41) is -0.0723. The van der Waals surface area contributed by atoms with Crippen molar-refractivity contribution in [2.45, 2.75) is 11.4 Å². The van der Waals surface area contributed by atoms with Crippen molar-refractivity contribution in [1.29, 1.82) is 0 Å². The number of amides is 2. The first-order chi connectivity index (χ1) is 9.68. The fourth-order valence-electron chi connectivity index (χ4n) is 1.59. The van der Waals surface area contributed by atoms with Crippen molar-refractivity contribution in [3.8, 4) is 0 Å². The van der Waals surface area contributed by atoms with Crippen LogP contribution >= 0.6 is 11.6 Å². The summed E-state index contributed by atoms with van der Waals surface area (Å²) >= 11 is 5.92. The van der Waals surface area contributed by atoms with Crippen molar-refractivity contribution in [2.75, 3.05) is 13.1 Å². The maximum Gasteiger partial charge on any atom is 0.245 e. The van der Waals surface area contributed by atoms with Gasteiger partial charge in [0, 0.05) is 6.54 Å². The Labute approximate surface area is 126 Å². The average Bonchev–Trinajstić information content (AvgIpc) is 2.36. The number of carbonyl (C=O) groups excluding carboxylic acids is 2. The minimum absolute atomic E-state index is 0.0723. The van der Waals surface area contributed by atoms with Crippen molar-refractivity contribution in [3.63, 3.8) is 0 Å². The lowest BCUT2D eigenvalue weighted by atomic mass is 10.2. The molecule has 0 radical (unpaired) electrons. The van der Waals surface area contributed by atoms with Crippen LogP contribution in [0.25, 0.3) is 0 Å². The monoisotopic (exact) mass is 334 g/mol. The third-order valence-electron chi connectivity index (χ3n) is 2.51. The first-order valence-electron chi connectivity index (χ1n) is 5.73. The fraction of sp³-hybridized carbons (Fsp3) is 0.273. The highest BCUT2D eigenvalue weighted by Gasteiger charge is 2.29. The molecule has 6 N–H and O–H groups in total. The molecule has 0 aliphatic rings. The lowest BCUT2D eigenvalue weighted by molar-refractivity contribution is -0.120. The largest absolute Gasteiger partial charge is 0.369 e. The van der Waals surface area contributed by atoms with Crippen molar-refractivity contribution < 1.29 is 18.0 Å². The fourth-order valence-corrected chi connectivity index (χ4v) is 3.51. The Morgan fingerprint density at radius 3 is 2.05 bits per heavy atom. The topological polar surface area (TPSA) is 150 Å². The van der Waals surface area contributed by atoms with E-state index < -0.39 is 34.9 Å². The van der Waals surface area contributed by atoms with Crippen LogP contribution in [0.1, 0.15) is 5.56 Å². The summed E-state index contributed by atoms with van der Waals surface area (Å²) in [6.45, 7) is -1.17. The van der Waals surface area contributed by atoms with Crippen LogP contribution in [-0.2, 0) is 26.2 Å². The van der Waals surface area contributed by atoms with E-state index in [4.69, 9.17) is 28.8 Å². The van der Waals surface area contributed by atoms with Gasteiger partial charge in [-0.05, 0) is 17.7 Å². The average molecular weight is 335 g/mol. The zero-order valence-corrected chi connectivity index (χ0v) is 12.5. The number of primary amides is 2. The number of nitrogens with two attached hydrogens (primary N) is 3. The van der Waals surface area contributed by atoms with Crippen molar-refractivity contribution in [3.05, 3.63) is 28.8 Å². The molecule has 2 amide bonds. The molecular formula is C11H15ClN4O4S. The van der Waals surface area contributed by atoms with Crippen LogP contribution in [0.5, 0.6) is 0 Å². The molecule has 21 heavy (non-hydrogen) atoms. The Balaban J connectivity index is 3.27. The highest BCUT2D eigenvalue weighted by Crippen LogP contribution is 2.25. The standard InChI is InChI=1S/C11H15ClN4O4S/c12-8-3-7(4-13)1-2-9(8)21(19,20)16(5-10(14)17)6-11(15)18/h1-3H,4-6,13H2,(H2,14,17)(H2,15,18). The number of benzene rings is 1. The number of hydrogen-bond acceptors (Lipinski definition) is 5. The molecule has 0 unspecified atom stereocenters. The van der Waals surface area contributed by atoms with Crippen LogP contribution in [0, 0.1) is 0 Å². The molecule has 0 aromatic heterocycles. The molecule has 10 heteroatoms. The lowest BCUT2D eigenvalue weighted by Gasteiger charge is -2.20. The van der Waals surface area contributed by atoms with Gasteiger partial charge in [-0.1, -0.05) is 17.7 Å². The summed E-state index contributed by atoms with van der Waals surface area (Å²) in [5.41, 5.74) is 16.0. The van der Waals surface area contributed by atoms with Gasteiger partial charge in [-0.25, -0.2) is 8.42 Å². The molecule has 0 aliphatic heterocycles. The molecule has 0 heterocycles. The van der Waals surface area contributed by atoms with Gasteiger partial charge >= 0.3 is 0 Å². The second-order valence-electron chi connectivity index (χ2n) is 4.17. The van der Waals surface area contributed by atoms with Crippen molar-refractivity contribution in [1.82, 2.24) is 4.31 Å². The number of hydrogen-bond donors (Lipinski definition) is 3. The maximum atomic E-state index is 12.4. The van der Waals surface area contributed by atoms with Crippen LogP contribution in [-0.4, -0.2) is 37.6 Å². The minimum Gasteiger partial charge on any atom is -0.369 e. The van der Waals surface area contributed by atoms with E-state index in [2.05, 4.69) is 0 Å². The Morgan fingerprint density at radius 1 is 1.14 bits per heavy atom. The SMILES string of the molecule is NCc1ccc(S(=O)(=O)N(CC(N)=O)CC(N)=O)c(Cl)c1. The number of sulfonamides is 1. The van der Waals surface area contributed by atoms with Crippen LogP contribution in [0.2, 0.25) is 5.02 Å². The zero-order chi connectivity index (χ0) is 16.2. The zero-order valence-electron chi connectivity index (χ0n) is 11.0. The van der Waals surface area contributed by atoms with E-state index in [1.165, 1.54) is 18.2 Å². The summed E-state index contributed by atoms with van der Waals surface area (Å²) < 4.78 is 25.4. The molecule has 116 valence electrons. The van der Waals surface area contributed by atoms with Gasteiger partial charge in [-0.2, -0.15) is 4.31 Å². The molecule has 0 bridgehead atoms. The summed E-state index contributed by atoms with van der Waals surface area (Å²) in [7, 11) is -4.19.